The zero-order valence-electron chi connectivity index (χ0n) is 6.31. The lowest BCUT2D eigenvalue weighted by molar-refractivity contribution is 1.15. The topological polar surface area (TPSA) is 76.5 Å². The van der Waals surface area contributed by atoms with Crippen LogP contribution in [0.15, 0.2) is 16.3 Å². The Bertz CT molecular complexity index is 355. The molecule has 0 amide bonds. The summed E-state index contributed by atoms with van der Waals surface area (Å²) in [5.41, 5.74) is 6.13. The van der Waals surface area contributed by atoms with Crippen LogP contribution in [-0.4, -0.2) is 22.4 Å². The Balaban J connectivity index is 2.65. The van der Waals surface area contributed by atoms with E-state index < -0.39 is 0 Å². The first-order valence-electron chi connectivity index (χ1n) is 3.53. The van der Waals surface area contributed by atoms with Crippen LogP contribution in [0.5, 0.6) is 0 Å². The van der Waals surface area contributed by atoms with Gasteiger partial charge in [-0.05, 0) is 0 Å². The number of rotatable bonds is 0. The average Bonchev–Trinajstić information content (AvgIpc) is 2.30. The first kappa shape index (κ1) is 6.90. The van der Waals surface area contributed by atoms with Crippen LogP contribution in [0, 0.1) is 0 Å². The molecule has 2 rings (SSSR count). The predicted octanol–water partition coefficient (Wildman–Crippen LogP) is 0.867. The molecule has 0 saturated heterocycles. The number of aliphatic imine (C=N–C) groups is 2. The number of aromatic nitrogens is 2. The highest BCUT2D eigenvalue weighted by Gasteiger charge is 2.06. The van der Waals surface area contributed by atoms with Crippen LogP contribution in [0.25, 0.3) is 0 Å². The van der Waals surface area contributed by atoms with Gasteiger partial charge in [-0.1, -0.05) is 0 Å². The van der Waals surface area contributed by atoms with Crippen molar-refractivity contribution in [3.8, 4) is 0 Å². The van der Waals surface area contributed by atoms with E-state index in [4.69, 9.17) is 5.73 Å². The molecule has 60 valence electrons. The molecule has 0 atom stereocenters. The summed E-state index contributed by atoms with van der Waals surface area (Å²) < 4.78 is 0. The summed E-state index contributed by atoms with van der Waals surface area (Å²) in [4.78, 5) is 15.9. The molecule has 5 nitrogen and oxygen atoms in total. The molecule has 0 aromatic carbocycles. The maximum Gasteiger partial charge on any atom is 0.183 e. The predicted molar refractivity (Wildman–Crippen MR) is 47.4 cm³/mol. The lowest BCUT2D eigenvalue weighted by Gasteiger charge is -1.98. The number of nitrogens with zero attached hydrogens (tertiary/aromatic N) is 4. The van der Waals surface area contributed by atoms with Crippen molar-refractivity contribution in [3.05, 3.63) is 6.33 Å². The second-order valence-electron chi connectivity index (χ2n) is 2.29. The van der Waals surface area contributed by atoms with Gasteiger partial charge in [-0.2, -0.15) is 0 Å². The van der Waals surface area contributed by atoms with Crippen molar-refractivity contribution in [1.82, 2.24) is 9.97 Å². The van der Waals surface area contributed by atoms with E-state index >= 15 is 0 Å². The summed E-state index contributed by atoms with van der Waals surface area (Å²) in [5, 5.41) is 0. The largest absolute Gasteiger partial charge is 0.382 e. The van der Waals surface area contributed by atoms with E-state index in [1.54, 1.807) is 12.4 Å². The highest BCUT2D eigenvalue weighted by molar-refractivity contribution is 5.88. The molecule has 1 aromatic heterocycles. The Morgan fingerprint density at radius 1 is 1.17 bits per heavy atom. The molecule has 1 aliphatic heterocycles. The third-order valence-corrected chi connectivity index (χ3v) is 1.48. The molecule has 1 aliphatic rings. The van der Waals surface area contributed by atoms with E-state index in [1.807, 2.05) is 0 Å². The molecule has 1 aromatic rings. The van der Waals surface area contributed by atoms with E-state index in [9.17, 15) is 0 Å². The lowest BCUT2D eigenvalue weighted by Crippen LogP contribution is -1.91. The van der Waals surface area contributed by atoms with E-state index in [-0.39, 0.29) is 0 Å². The molecule has 5 heteroatoms. The van der Waals surface area contributed by atoms with Gasteiger partial charge < -0.3 is 5.73 Å². The first-order chi connectivity index (χ1) is 5.88. The van der Waals surface area contributed by atoms with Crippen LogP contribution >= 0.6 is 0 Å². The Labute approximate surface area is 69.1 Å². The van der Waals surface area contributed by atoms with Crippen LogP contribution in [0.1, 0.15) is 6.42 Å². The molecule has 0 saturated carbocycles. The minimum absolute atomic E-state index is 0.371. The highest BCUT2D eigenvalue weighted by Crippen LogP contribution is 2.29. The van der Waals surface area contributed by atoms with Crippen molar-refractivity contribution in [2.75, 3.05) is 5.73 Å². The minimum Gasteiger partial charge on any atom is -0.382 e. The SMILES string of the molecule is Nc1ncnc2c1N=CCC=N2. The van der Waals surface area contributed by atoms with Crippen molar-refractivity contribution >= 4 is 29.8 Å². The van der Waals surface area contributed by atoms with Crippen LogP contribution in [-0.2, 0) is 0 Å². The molecule has 0 aliphatic carbocycles. The van der Waals surface area contributed by atoms with Gasteiger partial charge in [0.05, 0.1) is 0 Å². The van der Waals surface area contributed by atoms with E-state index in [1.165, 1.54) is 6.33 Å². The normalized spacial score (nSPS) is 14.0. The van der Waals surface area contributed by atoms with Gasteiger partial charge in [-0.15, -0.1) is 0 Å². The summed E-state index contributed by atoms with van der Waals surface area (Å²) in [6, 6.07) is 0. The lowest BCUT2D eigenvalue weighted by atomic mass is 10.4. The molecule has 0 unspecified atom stereocenters. The molecular weight excluding hydrogens is 154 g/mol. The molecule has 12 heavy (non-hydrogen) atoms. The minimum atomic E-state index is 0.371. The van der Waals surface area contributed by atoms with Crippen LogP contribution in [0.3, 0.4) is 0 Å². The Hall–Kier alpha value is -1.78. The van der Waals surface area contributed by atoms with Gasteiger partial charge in [0.1, 0.15) is 12.0 Å². The summed E-state index contributed by atoms with van der Waals surface area (Å²) in [6.07, 6.45) is 5.55. The van der Waals surface area contributed by atoms with Gasteiger partial charge in [0.2, 0.25) is 0 Å². The summed E-state index contributed by atoms with van der Waals surface area (Å²) >= 11 is 0. The standard InChI is InChI=1S/C7H7N5/c8-6-5-7(12-4-11-6)10-3-1-2-9-5/h2-4H,1H2,(H2,8,11,12). The maximum atomic E-state index is 5.57. The summed E-state index contributed by atoms with van der Waals surface area (Å²) in [5.74, 6) is 0.909. The van der Waals surface area contributed by atoms with E-state index in [0.717, 1.165) is 0 Å². The zero-order chi connectivity index (χ0) is 8.39. The second-order valence-corrected chi connectivity index (χ2v) is 2.29. The van der Waals surface area contributed by atoms with Gasteiger partial charge in [-0.3, -0.25) is 4.99 Å². The molecule has 0 radical (unpaired) electrons. The van der Waals surface area contributed by atoms with E-state index in [0.29, 0.717) is 23.7 Å². The maximum absolute atomic E-state index is 5.57. The number of fused-ring (bicyclic) bond motifs is 1. The van der Waals surface area contributed by atoms with Crippen LogP contribution < -0.4 is 5.73 Å². The Kier molecular flexibility index (Phi) is 1.55. The number of hydrogen-bond acceptors (Lipinski definition) is 5. The number of nitrogens with two attached hydrogens (primary N) is 1. The molecule has 0 spiro atoms. The average molecular weight is 161 g/mol. The van der Waals surface area contributed by atoms with Crippen molar-refractivity contribution in [3.63, 3.8) is 0 Å². The molecule has 2 heterocycles. The summed E-state index contributed by atoms with van der Waals surface area (Å²) in [6.45, 7) is 0. The molecule has 2 N–H and O–H groups in total. The van der Waals surface area contributed by atoms with Gasteiger partial charge in [-0.25, -0.2) is 15.0 Å². The van der Waals surface area contributed by atoms with Crippen molar-refractivity contribution < 1.29 is 0 Å². The van der Waals surface area contributed by atoms with Crippen LogP contribution in [0.2, 0.25) is 0 Å². The van der Waals surface area contributed by atoms with Gasteiger partial charge in [0.15, 0.2) is 11.6 Å². The number of hydrogen-bond donors (Lipinski definition) is 1. The van der Waals surface area contributed by atoms with Crippen LogP contribution in [0.4, 0.5) is 17.3 Å². The van der Waals surface area contributed by atoms with Crippen molar-refractivity contribution in [2.45, 2.75) is 6.42 Å². The van der Waals surface area contributed by atoms with E-state index in [2.05, 4.69) is 20.0 Å². The fourth-order valence-corrected chi connectivity index (χ4v) is 0.931. The highest BCUT2D eigenvalue weighted by atomic mass is 15.0. The van der Waals surface area contributed by atoms with Crippen molar-refractivity contribution in [2.24, 2.45) is 9.98 Å². The fraction of sp³-hybridized carbons (Fsp3) is 0.143. The van der Waals surface area contributed by atoms with Gasteiger partial charge in [0, 0.05) is 18.9 Å². The van der Waals surface area contributed by atoms with Gasteiger partial charge in [0.25, 0.3) is 0 Å². The molecule has 0 bridgehead atoms. The third-order valence-electron chi connectivity index (χ3n) is 1.48. The molecular formula is C7H7N5. The quantitative estimate of drug-likeness (QED) is 0.613. The molecule has 0 fully saturated rings. The van der Waals surface area contributed by atoms with Crippen molar-refractivity contribution in [1.29, 1.82) is 0 Å². The zero-order valence-corrected chi connectivity index (χ0v) is 6.31. The fourth-order valence-electron chi connectivity index (χ4n) is 0.931. The monoisotopic (exact) mass is 161 g/mol. The first-order valence-corrected chi connectivity index (χ1v) is 3.53. The smallest absolute Gasteiger partial charge is 0.183 e. The Morgan fingerprint density at radius 2 is 2.00 bits per heavy atom. The second kappa shape index (κ2) is 2.69. The Morgan fingerprint density at radius 3 is 2.92 bits per heavy atom. The number of nitrogen functional groups attached to an aromatic ring is 1. The van der Waals surface area contributed by atoms with Gasteiger partial charge >= 0.3 is 0 Å². The number of anilines is 1. The third kappa shape index (κ3) is 1.05. The summed E-state index contributed by atoms with van der Waals surface area (Å²) in [7, 11) is 0.